The zero-order valence-corrected chi connectivity index (χ0v) is 12.5. The summed E-state index contributed by atoms with van der Waals surface area (Å²) in [5, 5.41) is 12.2. The minimum atomic E-state index is -1.03. The van der Waals surface area contributed by atoms with Crippen LogP contribution in [0.15, 0.2) is 18.2 Å². The van der Waals surface area contributed by atoms with Crippen molar-refractivity contribution in [3.05, 3.63) is 28.2 Å². The summed E-state index contributed by atoms with van der Waals surface area (Å²) in [6.45, 7) is 1.02. The number of anilines is 1. The number of morpholine rings is 1. The number of carboxylic acid groups (broad SMARTS) is 1. The smallest absolute Gasteiger partial charge is 0.334 e. The van der Waals surface area contributed by atoms with Crippen LogP contribution in [-0.2, 0) is 14.3 Å². The number of ether oxygens (including phenoxy) is 1. The number of rotatable bonds is 4. The Labute approximate surface area is 131 Å². The number of carbonyl (C=O) groups is 2. The molecule has 1 saturated heterocycles. The Morgan fingerprint density at radius 3 is 2.90 bits per heavy atom. The molecule has 8 heteroatoms. The number of nitrogens with zero attached hydrogens (tertiary/aromatic N) is 1. The Morgan fingerprint density at radius 1 is 1.43 bits per heavy atom. The van der Waals surface area contributed by atoms with E-state index in [1.165, 1.54) is 0 Å². The molecule has 114 valence electrons. The number of amides is 1. The number of carbonyl (C=O) groups excluding carboxylic acids is 1. The van der Waals surface area contributed by atoms with Crippen molar-refractivity contribution < 1.29 is 19.4 Å². The molecule has 1 aliphatic rings. The molecule has 0 aromatic heterocycles. The van der Waals surface area contributed by atoms with Crippen LogP contribution < -0.4 is 5.32 Å². The van der Waals surface area contributed by atoms with Gasteiger partial charge in [0.2, 0.25) is 5.91 Å². The van der Waals surface area contributed by atoms with Crippen molar-refractivity contribution in [2.24, 2.45) is 0 Å². The maximum absolute atomic E-state index is 12.0. The van der Waals surface area contributed by atoms with Gasteiger partial charge in [-0.3, -0.25) is 9.69 Å². The molecule has 1 fully saturated rings. The average Bonchev–Trinajstić information content (AvgIpc) is 2.44. The Morgan fingerprint density at radius 2 is 2.19 bits per heavy atom. The molecule has 0 spiro atoms. The van der Waals surface area contributed by atoms with Gasteiger partial charge in [-0.2, -0.15) is 0 Å². The van der Waals surface area contributed by atoms with E-state index < -0.39 is 12.1 Å². The lowest BCUT2D eigenvalue weighted by Gasteiger charge is -2.30. The zero-order chi connectivity index (χ0) is 15.4. The summed E-state index contributed by atoms with van der Waals surface area (Å²) in [5.41, 5.74) is 0.428. The molecule has 0 aliphatic carbocycles. The van der Waals surface area contributed by atoms with E-state index >= 15 is 0 Å². The fourth-order valence-electron chi connectivity index (χ4n) is 1.99. The first kappa shape index (κ1) is 16.0. The molecule has 1 atom stereocenters. The van der Waals surface area contributed by atoms with Crippen LogP contribution >= 0.6 is 23.2 Å². The summed E-state index contributed by atoms with van der Waals surface area (Å²) in [6, 6.07) is 4.95. The van der Waals surface area contributed by atoms with Gasteiger partial charge in [0, 0.05) is 13.1 Å². The molecular weight excluding hydrogens is 319 g/mol. The SMILES string of the molecule is O=C(CN1CCOC(C(=O)O)C1)Nc1cccc(Cl)c1Cl. The zero-order valence-electron chi connectivity index (χ0n) is 11.0. The summed E-state index contributed by atoms with van der Waals surface area (Å²) < 4.78 is 5.09. The van der Waals surface area contributed by atoms with Gasteiger partial charge < -0.3 is 15.2 Å². The van der Waals surface area contributed by atoms with E-state index in [0.29, 0.717) is 17.3 Å². The highest BCUT2D eigenvalue weighted by molar-refractivity contribution is 6.43. The van der Waals surface area contributed by atoms with E-state index in [-0.39, 0.29) is 30.6 Å². The third-order valence-corrected chi connectivity index (χ3v) is 3.84. The fourth-order valence-corrected chi connectivity index (χ4v) is 2.34. The monoisotopic (exact) mass is 332 g/mol. The van der Waals surface area contributed by atoms with Crippen LogP contribution in [-0.4, -0.2) is 54.2 Å². The van der Waals surface area contributed by atoms with Crippen molar-refractivity contribution in [1.29, 1.82) is 0 Å². The second kappa shape index (κ2) is 7.09. The number of carboxylic acids is 1. The lowest BCUT2D eigenvalue weighted by Crippen LogP contribution is -2.48. The minimum absolute atomic E-state index is 0.0655. The minimum Gasteiger partial charge on any atom is -0.479 e. The first-order valence-corrected chi connectivity index (χ1v) is 7.03. The fraction of sp³-hybridized carbons (Fsp3) is 0.385. The number of benzene rings is 1. The lowest BCUT2D eigenvalue weighted by atomic mass is 10.2. The molecular formula is C13H14Cl2N2O4. The molecule has 1 heterocycles. The normalized spacial score (nSPS) is 19.2. The van der Waals surface area contributed by atoms with E-state index in [1.807, 2.05) is 0 Å². The molecule has 1 unspecified atom stereocenters. The first-order chi connectivity index (χ1) is 9.97. The number of aliphatic carboxylic acids is 1. The quantitative estimate of drug-likeness (QED) is 0.877. The standard InChI is InChI=1S/C13H14Cl2N2O4/c14-8-2-1-3-9(12(8)15)16-11(18)7-17-4-5-21-10(6-17)13(19)20/h1-3,10H,4-7H2,(H,16,18)(H,19,20). The Balaban J connectivity index is 1.92. The van der Waals surface area contributed by atoms with Crippen LogP contribution in [0.25, 0.3) is 0 Å². The van der Waals surface area contributed by atoms with Gasteiger partial charge >= 0.3 is 5.97 Å². The van der Waals surface area contributed by atoms with Gasteiger partial charge in [-0.15, -0.1) is 0 Å². The van der Waals surface area contributed by atoms with Crippen molar-refractivity contribution in [3.8, 4) is 0 Å². The van der Waals surface area contributed by atoms with Crippen molar-refractivity contribution in [2.45, 2.75) is 6.10 Å². The van der Waals surface area contributed by atoms with Gasteiger partial charge in [0.25, 0.3) is 0 Å². The summed E-state index contributed by atoms with van der Waals surface area (Å²) in [4.78, 5) is 24.6. The van der Waals surface area contributed by atoms with Crippen molar-refractivity contribution in [1.82, 2.24) is 4.90 Å². The largest absolute Gasteiger partial charge is 0.479 e. The average molecular weight is 333 g/mol. The van der Waals surface area contributed by atoms with Gasteiger partial charge in [-0.05, 0) is 12.1 Å². The van der Waals surface area contributed by atoms with Crippen LogP contribution in [0.2, 0.25) is 10.0 Å². The molecule has 2 rings (SSSR count). The molecule has 21 heavy (non-hydrogen) atoms. The van der Waals surface area contributed by atoms with E-state index in [0.717, 1.165) is 0 Å². The molecule has 0 bridgehead atoms. The number of hydrogen-bond acceptors (Lipinski definition) is 4. The van der Waals surface area contributed by atoms with Crippen molar-refractivity contribution >= 4 is 40.8 Å². The second-order valence-corrected chi connectivity index (χ2v) is 5.37. The molecule has 1 amide bonds. The predicted octanol–water partition coefficient (Wildman–Crippen LogP) is 1.72. The van der Waals surface area contributed by atoms with Crippen molar-refractivity contribution in [3.63, 3.8) is 0 Å². The molecule has 6 nitrogen and oxygen atoms in total. The topological polar surface area (TPSA) is 78.9 Å². The number of halogens is 2. The maximum atomic E-state index is 12.0. The summed E-state index contributed by atoms with van der Waals surface area (Å²) in [6.07, 6.45) is -0.902. The van der Waals surface area contributed by atoms with Crippen LogP contribution in [0, 0.1) is 0 Å². The van der Waals surface area contributed by atoms with E-state index in [1.54, 1.807) is 23.1 Å². The summed E-state index contributed by atoms with van der Waals surface area (Å²) >= 11 is 11.9. The highest BCUT2D eigenvalue weighted by atomic mass is 35.5. The maximum Gasteiger partial charge on any atom is 0.334 e. The van der Waals surface area contributed by atoms with E-state index in [4.69, 9.17) is 33.0 Å². The third-order valence-electron chi connectivity index (χ3n) is 3.02. The highest BCUT2D eigenvalue weighted by Crippen LogP contribution is 2.29. The molecule has 0 saturated carbocycles. The van der Waals surface area contributed by atoms with Gasteiger partial charge in [0.05, 0.1) is 28.9 Å². The molecule has 1 aliphatic heterocycles. The van der Waals surface area contributed by atoms with Crippen molar-refractivity contribution in [2.75, 3.05) is 31.6 Å². The highest BCUT2D eigenvalue weighted by Gasteiger charge is 2.27. The molecule has 2 N–H and O–H groups in total. The third kappa shape index (κ3) is 4.31. The molecule has 0 radical (unpaired) electrons. The predicted molar refractivity (Wildman–Crippen MR) is 78.9 cm³/mol. The second-order valence-electron chi connectivity index (χ2n) is 4.58. The van der Waals surface area contributed by atoms with Gasteiger partial charge in [-0.25, -0.2) is 4.79 Å². The Bertz CT molecular complexity index is 553. The van der Waals surface area contributed by atoms with Crippen LogP contribution in [0.5, 0.6) is 0 Å². The van der Waals surface area contributed by atoms with E-state index in [2.05, 4.69) is 5.32 Å². The molecule has 1 aromatic rings. The first-order valence-electron chi connectivity index (χ1n) is 6.28. The van der Waals surface area contributed by atoms with Gasteiger partial charge in [0.1, 0.15) is 0 Å². The summed E-state index contributed by atoms with van der Waals surface area (Å²) in [7, 11) is 0. The summed E-state index contributed by atoms with van der Waals surface area (Å²) in [5.74, 6) is -1.32. The van der Waals surface area contributed by atoms with Crippen LogP contribution in [0.3, 0.4) is 0 Å². The van der Waals surface area contributed by atoms with Gasteiger partial charge in [-0.1, -0.05) is 29.3 Å². The Hall–Kier alpha value is -1.34. The lowest BCUT2D eigenvalue weighted by molar-refractivity contribution is -0.156. The van der Waals surface area contributed by atoms with Crippen LogP contribution in [0.4, 0.5) is 5.69 Å². The van der Waals surface area contributed by atoms with Gasteiger partial charge in [0.15, 0.2) is 6.10 Å². The Kier molecular flexibility index (Phi) is 5.41. The van der Waals surface area contributed by atoms with Crippen LogP contribution in [0.1, 0.15) is 0 Å². The molecule has 1 aromatic carbocycles. The number of hydrogen-bond donors (Lipinski definition) is 2. The van der Waals surface area contributed by atoms with E-state index in [9.17, 15) is 9.59 Å². The number of nitrogens with one attached hydrogen (secondary N) is 1.